The van der Waals surface area contributed by atoms with Crippen molar-refractivity contribution in [3.05, 3.63) is 63.0 Å². The van der Waals surface area contributed by atoms with Crippen LogP contribution < -0.4 is 10.7 Å². The second kappa shape index (κ2) is 5.81. The van der Waals surface area contributed by atoms with E-state index in [1.807, 2.05) is 0 Å². The number of hydrogen-bond acceptors (Lipinski definition) is 3. The highest BCUT2D eigenvalue weighted by Crippen LogP contribution is 2.14. The number of carbonyl (C=O) groups excluding carboxylic acids is 1. The number of carbonyl (C=O) groups is 1. The normalized spacial score (nSPS) is 11.9. The number of amides is 1. The number of rotatable bonds is 3. The van der Waals surface area contributed by atoms with Gasteiger partial charge in [-0.3, -0.25) is 9.59 Å². The maximum Gasteiger partial charge on any atom is 0.257 e. The second-order valence-corrected chi connectivity index (χ2v) is 4.70. The summed E-state index contributed by atoms with van der Waals surface area (Å²) in [4.78, 5) is 26.3. The number of hydrogen-bond donors (Lipinski definition) is 3. The van der Waals surface area contributed by atoms with Crippen LogP contribution in [0.4, 0.5) is 5.69 Å². The number of pyridine rings is 1. The molecule has 98 valence electrons. The molecule has 19 heavy (non-hydrogen) atoms. The highest BCUT2D eigenvalue weighted by molar-refractivity contribution is 9.10. The summed E-state index contributed by atoms with van der Waals surface area (Å²) in [6.45, 7) is 0. The predicted molar refractivity (Wildman–Crippen MR) is 74.8 cm³/mol. The Morgan fingerprint density at radius 1 is 1.26 bits per heavy atom. The van der Waals surface area contributed by atoms with Crippen molar-refractivity contribution in [2.24, 2.45) is 0 Å². The van der Waals surface area contributed by atoms with Gasteiger partial charge in [0, 0.05) is 12.4 Å². The number of benzene rings is 1. The zero-order chi connectivity index (χ0) is 13.8. The maximum atomic E-state index is 11.8. The van der Waals surface area contributed by atoms with Crippen molar-refractivity contribution in [1.29, 1.82) is 0 Å². The molecule has 0 aliphatic carbocycles. The summed E-state index contributed by atoms with van der Waals surface area (Å²) in [5.74, 6) is -0.658. The Balaban J connectivity index is 2.18. The largest absolute Gasteiger partial charge is 0.378 e. The molecule has 0 spiro atoms. The van der Waals surface area contributed by atoms with Gasteiger partial charge in [0.1, 0.15) is 5.69 Å². The van der Waals surface area contributed by atoms with E-state index in [-0.39, 0.29) is 11.1 Å². The van der Waals surface area contributed by atoms with E-state index in [1.165, 1.54) is 12.4 Å². The lowest BCUT2D eigenvalue weighted by Crippen LogP contribution is -2.24. The number of aliphatic hydroxyl groups excluding tert-OH is 1. The summed E-state index contributed by atoms with van der Waals surface area (Å²) in [5, 5.41) is 12.3. The van der Waals surface area contributed by atoms with Crippen molar-refractivity contribution in [1.82, 2.24) is 4.98 Å². The summed E-state index contributed by atoms with van der Waals surface area (Å²) in [5.41, 5.74) is 0.188. The molecule has 1 amide bonds. The van der Waals surface area contributed by atoms with Gasteiger partial charge >= 0.3 is 0 Å². The molecule has 1 heterocycles. The monoisotopic (exact) mass is 322 g/mol. The molecule has 0 aliphatic rings. The van der Waals surface area contributed by atoms with Crippen LogP contribution >= 0.6 is 15.9 Å². The van der Waals surface area contributed by atoms with Crippen LogP contribution in [-0.4, -0.2) is 16.0 Å². The minimum absolute atomic E-state index is 0.0781. The van der Waals surface area contributed by atoms with E-state index in [1.54, 1.807) is 30.3 Å². The first-order valence-corrected chi connectivity index (χ1v) is 6.29. The summed E-state index contributed by atoms with van der Waals surface area (Å²) < 4.78 is 0.305. The van der Waals surface area contributed by atoms with Gasteiger partial charge in [-0.2, -0.15) is 0 Å². The van der Waals surface area contributed by atoms with E-state index >= 15 is 0 Å². The number of H-pyrrole nitrogens is 1. The van der Waals surface area contributed by atoms with E-state index in [0.29, 0.717) is 10.0 Å². The van der Waals surface area contributed by atoms with E-state index in [9.17, 15) is 14.7 Å². The van der Waals surface area contributed by atoms with Crippen LogP contribution in [0.2, 0.25) is 0 Å². The lowest BCUT2D eigenvalue weighted by Gasteiger charge is -2.11. The predicted octanol–water partition coefficient (Wildman–Crippen LogP) is 1.81. The standard InChI is InChI=1S/C13H11BrN2O3/c14-9-6-15-7-10(12(9)18)16-13(19)11(17)8-4-2-1-3-5-8/h1-7,11,17H,(H,15,18)(H,16,19)/t11-/m0/s1. The Bertz CT molecular complexity index is 640. The molecule has 0 saturated heterocycles. The van der Waals surface area contributed by atoms with Gasteiger partial charge in [-0.25, -0.2) is 0 Å². The Labute approximate surface area is 117 Å². The summed E-state index contributed by atoms with van der Waals surface area (Å²) in [6, 6.07) is 8.49. The van der Waals surface area contributed by atoms with Crippen molar-refractivity contribution >= 4 is 27.5 Å². The van der Waals surface area contributed by atoms with Gasteiger partial charge in [0.2, 0.25) is 5.43 Å². The first-order chi connectivity index (χ1) is 9.09. The molecule has 1 aromatic heterocycles. The Morgan fingerprint density at radius 2 is 1.95 bits per heavy atom. The number of nitrogens with one attached hydrogen (secondary N) is 2. The number of aromatic amines is 1. The zero-order valence-corrected chi connectivity index (χ0v) is 11.3. The molecule has 5 nitrogen and oxygen atoms in total. The molecule has 3 N–H and O–H groups in total. The maximum absolute atomic E-state index is 11.8. The minimum Gasteiger partial charge on any atom is -0.378 e. The van der Waals surface area contributed by atoms with Crippen LogP contribution in [0.25, 0.3) is 0 Å². The Kier molecular flexibility index (Phi) is 4.13. The number of aliphatic hydroxyl groups is 1. The van der Waals surface area contributed by atoms with Crippen LogP contribution in [0.3, 0.4) is 0 Å². The topological polar surface area (TPSA) is 82.2 Å². The molecule has 2 rings (SSSR count). The summed E-state index contributed by atoms with van der Waals surface area (Å²) in [7, 11) is 0. The van der Waals surface area contributed by atoms with Gasteiger partial charge in [0.15, 0.2) is 6.10 Å². The average Bonchev–Trinajstić information content (AvgIpc) is 2.44. The quantitative estimate of drug-likeness (QED) is 0.806. The van der Waals surface area contributed by atoms with Crippen LogP contribution in [0.15, 0.2) is 52.0 Å². The van der Waals surface area contributed by atoms with E-state index in [4.69, 9.17) is 0 Å². The van der Waals surface area contributed by atoms with Gasteiger partial charge in [0.25, 0.3) is 5.91 Å². The molecule has 0 aliphatic heterocycles. The average molecular weight is 323 g/mol. The molecule has 0 unspecified atom stereocenters. The third-order valence-electron chi connectivity index (χ3n) is 2.52. The van der Waals surface area contributed by atoms with E-state index < -0.39 is 12.0 Å². The molecule has 0 fully saturated rings. The van der Waals surface area contributed by atoms with Crippen LogP contribution in [0.1, 0.15) is 11.7 Å². The van der Waals surface area contributed by atoms with Crippen LogP contribution in [0.5, 0.6) is 0 Å². The highest BCUT2D eigenvalue weighted by Gasteiger charge is 2.18. The van der Waals surface area contributed by atoms with Crippen molar-refractivity contribution in [2.45, 2.75) is 6.10 Å². The van der Waals surface area contributed by atoms with Gasteiger partial charge in [-0.05, 0) is 21.5 Å². The molecule has 0 bridgehead atoms. The van der Waals surface area contributed by atoms with Crippen molar-refractivity contribution in [3.8, 4) is 0 Å². The minimum atomic E-state index is -1.32. The molecule has 0 saturated carbocycles. The number of halogens is 1. The van der Waals surface area contributed by atoms with Crippen molar-refractivity contribution in [2.75, 3.05) is 5.32 Å². The van der Waals surface area contributed by atoms with Crippen molar-refractivity contribution < 1.29 is 9.90 Å². The van der Waals surface area contributed by atoms with Gasteiger partial charge in [0.05, 0.1) is 4.47 Å². The summed E-state index contributed by atoms with van der Waals surface area (Å²) in [6.07, 6.45) is 1.51. The highest BCUT2D eigenvalue weighted by atomic mass is 79.9. The first-order valence-electron chi connectivity index (χ1n) is 5.50. The SMILES string of the molecule is O=C(Nc1c[nH]cc(Br)c1=O)[C@@H](O)c1ccccc1. The second-order valence-electron chi connectivity index (χ2n) is 3.85. The molecular formula is C13H11BrN2O3. The molecule has 1 aromatic carbocycles. The Hall–Kier alpha value is -1.92. The van der Waals surface area contributed by atoms with E-state index in [0.717, 1.165) is 0 Å². The van der Waals surface area contributed by atoms with Gasteiger partial charge in [-0.15, -0.1) is 0 Å². The molecule has 2 aromatic rings. The van der Waals surface area contributed by atoms with Gasteiger partial charge < -0.3 is 15.4 Å². The molecule has 6 heteroatoms. The van der Waals surface area contributed by atoms with Crippen LogP contribution in [0, 0.1) is 0 Å². The Morgan fingerprint density at radius 3 is 2.63 bits per heavy atom. The molecule has 0 radical (unpaired) electrons. The fourth-order valence-electron chi connectivity index (χ4n) is 1.54. The summed E-state index contributed by atoms with van der Waals surface area (Å²) >= 11 is 3.06. The van der Waals surface area contributed by atoms with Crippen LogP contribution in [-0.2, 0) is 4.79 Å². The third kappa shape index (κ3) is 3.10. The molecule has 1 atom stereocenters. The first kappa shape index (κ1) is 13.5. The number of anilines is 1. The zero-order valence-electron chi connectivity index (χ0n) is 9.76. The fourth-order valence-corrected chi connectivity index (χ4v) is 1.88. The molecular weight excluding hydrogens is 312 g/mol. The lowest BCUT2D eigenvalue weighted by atomic mass is 10.1. The van der Waals surface area contributed by atoms with Gasteiger partial charge in [-0.1, -0.05) is 30.3 Å². The number of aromatic nitrogens is 1. The third-order valence-corrected chi connectivity index (χ3v) is 3.11. The fraction of sp³-hybridized carbons (Fsp3) is 0.0769. The van der Waals surface area contributed by atoms with Crippen molar-refractivity contribution in [3.63, 3.8) is 0 Å². The lowest BCUT2D eigenvalue weighted by molar-refractivity contribution is -0.124. The smallest absolute Gasteiger partial charge is 0.257 e. The van der Waals surface area contributed by atoms with E-state index in [2.05, 4.69) is 26.2 Å².